The maximum atomic E-state index is 12.0. The molecule has 0 spiro atoms. The lowest BCUT2D eigenvalue weighted by Crippen LogP contribution is -2.26. The molecule has 2 aromatic rings. The molecule has 28 heavy (non-hydrogen) atoms. The van der Waals surface area contributed by atoms with Crippen molar-refractivity contribution in [1.29, 1.82) is 0 Å². The average Bonchev–Trinajstić information content (AvgIpc) is 3.43. The molecule has 2 aromatic heterocycles. The highest BCUT2D eigenvalue weighted by Gasteiger charge is 2.26. The van der Waals surface area contributed by atoms with Gasteiger partial charge in [-0.25, -0.2) is 4.79 Å². The summed E-state index contributed by atoms with van der Waals surface area (Å²) in [6.07, 6.45) is 3.15. The second-order valence-electron chi connectivity index (χ2n) is 5.67. The third kappa shape index (κ3) is 6.23. The number of anilines is 1. The number of hydrogen-bond donors (Lipinski definition) is 1. The predicted octanol–water partition coefficient (Wildman–Crippen LogP) is 3.33. The third-order valence-corrected chi connectivity index (χ3v) is 7.80. The highest BCUT2D eigenvalue weighted by atomic mass is 32.2. The number of carbonyl (C=O) groups excluding carboxylic acids is 2. The minimum atomic E-state index is -0.440. The average molecular weight is 457 g/mol. The maximum Gasteiger partial charge on any atom is 0.333 e. The molecule has 11 heteroatoms. The lowest BCUT2D eigenvalue weighted by Gasteiger charge is -2.16. The fourth-order valence-corrected chi connectivity index (χ4v) is 5.83. The Morgan fingerprint density at radius 2 is 2.36 bits per heavy atom. The van der Waals surface area contributed by atoms with E-state index in [-0.39, 0.29) is 5.91 Å². The molecule has 3 heterocycles. The largest absolute Gasteiger partial charge is 0.466 e. The van der Waals surface area contributed by atoms with E-state index in [1.807, 2.05) is 0 Å². The van der Waals surface area contributed by atoms with Crippen molar-refractivity contribution in [2.45, 2.75) is 17.2 Å². The Bertz CT molecular complexity index is 822. The molecule has 0 aliphatic carbocycles. The van der Waals surface area contributed by atoms with Gasteiger partial charge >= 0.3 is 5.97 Å². The number of carbonyl (C=O) groups is 2. The van der Waals surface area contributed by atoms with Gasteiger partial charge in [-0.2, -0.15) is 0 Å². The van der Waals surface area contributed by atoms with Gasteiger partial charge in [0.05, 0.1) is 24.0 Å². The normalized spacial score (nSPS) is 15.4. The first-order valence-corrected chi connectivity index (χ1v) is 12.3. The van der Waals surface area contributed by atoms with Crippen LogP contribution in [0, 0.1) is 0 Å². The Balaban J connectivity index is 1.38. The zero-order chi connectivity index (χ0) is 19.8. The molecule has 0 atom stereocenters. The monoisotopic (exact) mass is 456 g/mol. The number of amides is 1. The molecule has 0 saturated carbocycles. The van der Waals surface area contributed by atoms with Crippen LogP contribution >= 0.6 is 46.2 Å². The van der Waals surface area contributed by atoms with Crippen LogP contribution in [0.5, 0.6) is 0 Å². The summed E-state index contributed by atoms with van der Waals surface area (Å²) in [5, 5.41) is 15.2. The molecule has 1 N–H and O–H groups in total. The third-order valence-electron chi connectivity index (χ3n) is 3.74. The molecule has 1 saturated heterocycles. The summed E-state index contributed by atoms with van der Waals surface area (Å²) in [7, 11) is 1.33. The molecule has 1 amide bonds. The Labute approximate surface area is 179 Å². The highest BCUT2D eigenvalue weighted by Crippen LogP contribution is 2.30. The standard InChI is InChI=1S/C17H20N4O3S4/c1-24-15(23)10-14-21(13(22)11-27-14)7-3-9-26-17-20-19-16(28-17)18-6-5-12-4-2-8-25-12/h2,4,8,10H,3,5-7,9,11H2,1H3,(H,18,19)/b14-10-. The predicted molar refractivity (Wildman–Crippen MR) is 116 cm³/mol. The number of hydrogen-bond acceptors (Lipinski definition) is 10. The van der Waals surface area contributed by atoms with E-state index in [1.165, 1.54) is 29.8 Å². The SMILES string of the molecule is COC(=O)/C=C1\SCC(=O)N1CCCSc1nnc(NCCc2cccs2)s1. The molecule has 0 bridgehead atoms. The first-order chi connectivity index (χ1) is 13.7. The van der Waals surface area contributed by atoms with E-state index in [4.69, 9.17) is 0 Å². The Kier molecular flexibility index (Phi) is 8.19. The number of rotatable bonds is 10. The van der Waals surface area contributed by atoms with Crippen LogP contribution in [0.3, 0.4) is 0 Å². The van der Waals surface area contributed by atoms with Gasteiger partial charge in [0.25, 0.3) is 0 Å². The first-order valence-electron chi connectivity index (χ1n) is 8.61. The van der Waals surface area contributed by atoms with Crippen LogP contribution < -0.4 is 5.32 Å². The van der Waals surface area contributed by atoms with Crippen LogP contribution in [-0.4, -0.2) is 58.7 Å². The fourth-order valence-electron chi connectivity index (χ4n) is 2.40. The molecule has 3 rings (SSSR count). The molecule has 150 valence electrons. The molecular weight excluding hydrogens is 436 g/mol. The summed E-state index contributed by atoms with van der Waals surface area (Å²) in [6, 6.07) is 4.19. The van der Waals surface area contributed by atoms with Crippen LogP contribution in [0.25, 0.3) is 0 Å². The Hall–Kier alpha value is -1.56. The van der Waals surface area contributed by atoms with Gasteiger partial charge in [0.1, 0.15) is 0 Å². The van der Waals surface area contributed by atoms with Gasteiger partial charge in [0.2, 0.25) is 11.0 Å². The fraction of sp³-hybridized carbons (Fsp3) is 0.412. The van der Waals surface area contributed by atoms with Crippen LogP contribution in [0.1, 0.15) is 11.3 Å². The van der Waals surface area contributed by atoms with Crippen molar-refractivity contribution in [2.24, 2.45) is 0 Å². The van der Waals surface area contributed by atoms with Crippen molar-refractivity contribution in [2.75, 3.05) is 37.0 Å². The van der Waals surface area contributed by atoms with Crippen LogP contribution in [0.4, 0.5) is 5.13 Å². The van der Waals surface area contributed by atoms with Crippen LogP contribution in [0.2, 0.25) is 0 Å². The van der Waals surface area contributed by atoms with Gasteiger partial charge in [0.15, 0.2) is 4.34 Å². The molecule has 1 fully saturated rings. The number of thiophene rings is 1. The van der Waals surface area contributed by atoms with E-state index in [0.717, 1.165) is 34.6 Å². The van der Waals surface area contributed by atoms with Crippen LogP contribution in [-0.2, 0) is 20.7 Å². The smallest absolute Gasteiger partial charge is 0.333 e. The van der Waals surface area contributed by atoms with Gasteiger partial charge in [-0.15, -0.1) is 21.5 Å². The molecule has 1 aliphatic rings. The highest BCUT2D eigenvalue weighted by molar-refractivity contribution is 8.04. The van der Waals surface area contributed by atoms with E-state index < -0.39 is 5.97 Å². The second kappa shape index (κ2) is 10.8. The summed E-state index contributed by atoms with van der Waals surface area (Å²) in [5.74, 6) is 0.777. The number of aromatic nitrogens is 2. The van der Waals surface area contributed by atoms with E-state index in [9.17, 15) is 9.59 Å². The Morgan fingerprint density at radius 3 is 3.14 bits per heavy atom. The van der Waals surface area contributed by atoms with Crippen molar-refractivity contribution in [1.82, 2.24) is 15.1 Å². The number of methoxy groups -OCH3 is 1. The summed E-state index contributed by atoms with van der Waals surface area (Å²) >= 11 is 6.29. The molecule has 7 nitrogen and oxygen atoms in total. The summed E-state index contributed by atoms with van der Waals surface area (Å²) in [4.78, 5) is 26.4. The maximum absolute atomic E-state index is 12.0. The molecule has 1 aliphatic heterocycles. The quantitative estimate of drug-likeness (QED) is 0.252. The molecule has 0 radical (unpaired) electrons. The van der Waals surface area contributed by atoms with E-state index >= 15 is 0 Å². The van der Waals surface area contributed by atoms with Crippen molar-refractivity contribution in [3.8, 4) is 0 Å². The van der Waals surface area contributed by atoms with Crippen molar-refractivity contribution in [3.05, 3.63) is 33.5 Å². The number of nitrogens with one attached hydrogen (secondary N) is 1. The van der Waals surface area contributed by atoms with Gasteiger partial charge < -0.3 is 15.0 Å². The zero-order valence-corrected chi connectivity index (χ0v) is 18.5. The lowest BCUT2D eigenvalue weighted by molar-refractivity contribution is -0.134. The Morgan fingerprint density at radius 1 is 1.46 bits per heavy atom. The number of thioether (sulfide) groups is 2. The van der Waals surface area contributed by atoms with Gasteiger partial charge in [-0.1, -0.05) is 40.9 Å². The van der Waals surface area contributed by atoms with Crippen molar-refractivity contribution >= 4 is 63.2 Å². The van der Waals surface area contributed by atoms with E-state index in [0.29, 0.717) is 17.3 Å². The summed E-state index contributed by atoms with van der Waals surface area (Å²) in [5.41, 5.74) is 0. The summed E-state index contributed by atoms with van der Waals surface area (Å²) < 4.78 is 5.55. The van der Waals surface area contributed by atoms with Gasteiger partial charge in [0, 0.05) is 23.7 Å². The number of nitrogens with zero attached hydrogens (tertiary/aromatic N) is 3. The number of esters is 1. The first kappa shape index (κ1) is 21.2. The molecule has 0 unspecified atom stereocenters. The van der Waals surface area contributed by atoms with Gasteiger partial charge in [-0.3, -0.25) is 4.79 Å². The van der Waals surface area contributed by atoms with Gasteiger partial charge in [-0.05, 0) is 24.3 Å². The van der Waals surface area contributed by atoms with Crippen LogP contribution in [0.15, 0.2) is 33.0 Å². The van der Waals surface area contributed by atoms with Crippen molar-refractivity contribution < 1.29 is 14.3 Å². The minimum Gasteiger partial charge on any atom is -0.466 e. The molecular formula is C17H20N4O3S4. The lowest BCUT2D eigenvalue weighted by atomic mass is 10.3. The molecule has 0 aromatic carbocycles. The minimum absolute atomic E-state index is 0.0262. The van der Waals surface area contributed by atoms with E-state index in [2.05, 4.69) is 37.8 Å². The van der Waals surface area contributed by atoms with E-state index in [1.54, 1.807) is 39.3 Å². The number of ether oxygens (including phenoxy) is 1. The topological polar surface area (TPSA) is 84.4 Å². The summed E-state index contributed by atoms with van der Waals surface area (Å²) in [6.45, 7) is 1.41. The van der Waals surface area contributed by atoms with Crippen molar-refractivity contribution in [3.63, 3.8) is 0 Å². The second-order valence-corrected chi connectivity index (χ2v) is 10.0. The zero-order valence-electron chi connectivity index (χ0n) is 15.3.